The van der Waals surface area contributed by atoms with Crippen LogP contribution >= 0.6 is 0 Å². The van der Waals surface area contributed by atoms with Crippen molar-refractivity contribution in [2.45, 2.75) is 19.0 Å². The highest BCUT2D eigenvalue weighted by Gasteiger charge is 2.20. The Morgan fingerprint density at radius 1 is 1.17 bits per heavy atom. The SMILES string of the molecule is CNC(=O)c1ccc([C@@H]([C@H](C)NC)N(C)C)cc1. The van der Waals surface area contributed by atoms with Crippen LogP contribution in [0, 0.1) is 0 Å². The van der Waals surface area contributed by atoms with Gasteiger partial charge in [0, 0.05) is 24.7 Å². The lowest BCUT2D eigenvalue weighted by Crippen LogP contribution is -2.37. The monoisotopic (exact) mass is 249 g/mol. The maximum absolute atomic E-state index is 11.5. The fourth-order valence-corrected chi connectivity index (χ4v) is 2.17. The molecule has 1 aromatic carbocycles. The van der Waals surface area contributed by atoms with Crippen LogP contribution in [0.15, 0.2) is 24.3 Å². The first-order valence-corrected chi connectivity index (χ1v) is 6.17. The van der Waals surface area contributed by atoms with Crippen LogP contribution in [-0.2, 0) is 0 Å². The Labute approximate surface area is 109 Å². The van der Waals surface area contributed by atoms with Crippen molar-refractivity contribution < 1.29 is 4.79 Å². The molecule has 18 heavy (non-hydrogen) atoms. The molecule has 0 saturated heterocycles. The Bertz CT molecular complexity index is 387. The maximum Gasteiger partial charge on any atom is 0.251 e. The van der Waals surface area contributed by atoms with E-state index >= 15 is 0 Å². The number of carbonyl (C=O) groups excluding carboxylic acids is 1. The molecule has 1 rings (SSSR count). The van der Waals surface area contributed by atoms with Gasteiger partial charge in [-0.3, -0.25) is 4.79 Å². The van der Waals surface area contributed by atoms with Crippen LogP contribution in [0.3, 0.4) is 0 Å². The summed E-state index contributed by atoms with van der Waals surface area (Å²) in [6.07, 6.45) is 0. The van der Waals surface area contributed by atoms with Crippen molar-refractivity contribution in [2.24, 2.45) is 0 Å². The summed E-state index contributed by atoms with van der Waals surface area (Å²) >= 11 is 0. The molecular weight excluding hydrogens is 226 g/mol. The first kappa shape index (κ1) is 14.7. The molecule has 1 amide bonds. The zero-order valence-corrected chi connectivity index (χ0v) is 11.8. The summed E-state index contributed by atoms with van der Waals surface area (Å²) < 4.78 is 0. The molecule has 0 unspecified atom stereocenters. The van der Waals surface area contributed by atoms with Crippen molar-refractivity contribution in [3.05, 3.63) is 35.4 Å². The highest BCUT2D eigenvalue weighted by molar-refractivity contribution is 5.93. The molecule has 0 fully saturated rings. The average Bonchev–Trinajstić information content (AvgIpc) is 2.38. The molecule has 0 aliphatic carbocycles. The van der Waals surface area contributed by atoms with E-state index in [9.17, 15) is 4.79 Å². The predicted octanol–water partition coefficient (Wildman–Crippen LogP) is 1.26. The standard InChI is InChI=1S/C14H23N3O/c1-10(15-2)13(17(4)5)11-6-8-12(9-7-11)14(18)16-3/h6-10,13,15H,1-5H3,(H,16,18)/t10-,13+/m0/s1. The molecule has 4 heteroatoms. The lowest BCUT2D eigenvalue weighted by molar-refractivity contribution is 0.0963. The van der Waals surface area contributed by atoms with E-state index in [2.05, 4.69) is 36.6 Å². The summed E-state index contributed by atoms with van der Waals surface area (Å²) in [5.74, 6) is -0.0513. The van der Waals surface area contributed by atoms with E-state index in [0.717, 1.165) is 0 Å². The molecule has 0 aromatic heterocycles. The van der Waals surface area contributed by atoms with Crippen molar-refractivity contribution in [3.63, 3.8) is 0 Å². The summed E-state index contributed by atoms with van der Waals surface area (Å²) in [6, 6.07) is 8.39. The molecule has 0 spiro atoms. The lowest BCUT2D eigenvalue weighted by atomic mass is 9.98. The van der Waals surface area contributed by atoms with Gasteiger partial charge in [-0.25, -0.2) is 0 Å². The zero-order valence-electron chi connectivity index (χ0n) is 11.8. The molecular formula is C14H23N3O. The van der Waals surface area contributed by atoms with Gasteiger partial charge in [0.25, 0.3) is 5.91 Å². The molecule has 0 saturated carbocycles. The first-order valence-electron chi connectivity index (χ1n) is 6.17. The van der Waals surface area contributed by atoms with E-state index in [4.69, 9.17) is 0 Å². The fourth-order valence-electron chi connectivity index (χ4n) is 2.17. The molecule has 2 N–H and O–H groups in total. The highest BCUT2D eigenvalue weighted by atomic mass is 16.1. The van der Waals surface area contributed by atoms with Crippen LogP contribution in [0.2, 0.25) is 0 Å². The molecule has 0 heterocycles. The van der Waals surface area contributed by atoms with Gasteiger partial charge in [-0.1, -0.05) is 12.1 Å². The summed E-state index contributed by atoms with van der Waals surface area (Å²) in [7, 11) is 7.72. The summed E-state index contributed by atoms with van der Waals surface area (Å²) in [4.78, 5) is 13.7. The number of likely N-dealkylation sites (N-methyl/N-ethyl adjacent to an activating group) is 2. The van der Waals surface area contributed by atoms with Crippen molar-refractivity contribution in [3.8, 4) is 0 Å². The third-order valence-corrected chi connectivity index (χ3v) is 3.23. The van der Waals surface area contributed by atoms with E-state index in [-0.39, 0.29) is 11.9 Å². The number of hydrogen-bond donors (Lipinski definition) is 2. The normalized spacial score (nSPS) is 14.3. The molecule has 100 valence electrons. The van der Waals surface area contributed by atoms with E-state index in [1.54, 1.807) is 7.05 Å². The van der Waals surface area contributed by atoms with E-state index in [0.29, 0.717) is 11.6 Å². The Morgan fingerprint density at radius 3 is 2.11 bits per heavy atom. The molecule has 4 nitrogen and oxygen atoms in total. The minimum absolute atomic E-state index is 0.0513. The Balaban J connectivity index is 2.97. The van der Waals surface area contributed by atoms with Gasteiger partial charge in [0.1, 0.15) is 0 Å². The zero-order chi connectivity index (χ0) is 13.7. The lowest BCUT2D eigenvalue weighted by Gasteiger charge is -2.30. The predicted molar refractivity (Wildman–Crippen MR) is 74.8 cm³/mol. The Kier molecular flexibility index (Phi) is 5.31. The van der Waals surface area contributed by atoms with Crippen molar-refractivity contribution in [1.82, 2.24) is 15.5 Å². The number of amides is 1. The molecule has 0 aliphatic rings. The van der Waals surface area contributed by atoms with Gasteiger partial charge >= 0.3 is 0 Å². The topological polar surface area (TPSA) is 44.4 Å². The number of nitrogens with one attached hydrogen (secondary N) is 2. The second-order valence-corrected chi connectivity index (χ2v) is 4.69. The second-order valence-electron chi connectivity index (χ2n) is 4.69. The van der Waals surface area contributed by atoms with Gasteiger partial charge in [0.15, 0.2) is 0 Å². The number of benzene rings is 1. The number of hydrogen-bond acceptors (Lipinski definition) is 3. The van der Waals surface area contributed by atoms with Gasteiger partial charge in [0.05, 0.1) is 0 Å². The number of carbonyl (C=O) groups is 1. The fraction of sp³-hybridized carbons (Fsp3) is 0.500. The Morgan fingerprint density at radius 2 is 1.72 bits per heavy atom. The molecule has 0 aliphatic heterocycles. The van der Waals surface area contributed by atoms with Gasteiger partial charge in [-0.15, -0.1) is 0 Å². The highest BCUT2D eigenvalue weighted by Crippen LogP contribution is 2.22. The van der Waals surface area contributed by atoms with Gasteiger partial charge in [0.2, 0.25) is 0 Å². The van der Waals surface area contributed by atoms with Crippen LogP contribution in [0.5, 0.6) is 0 Å². The summed E-state index contributed by atoms with van der Waals surface area (Å²) in [5, 5.41) is 5.90. The smallest absolute Gasteiger partial charge is 0.251 e. The van der Waals surface area contributed by atoms with Crippen LogP contribution in [0.1, 0.15) is 28.9 Å². The third kappa shape index (κ3) is 3.31. The largest absolute Gasteiger partial charge is 0.355 e. The second kappa shape index (κ2) is 6.52. The number of nitrogens with zero attached hydrogens (tertiary/aromatic N) is 1. The third-order valence-electron chi connectivity index (χ3n) is 3.23. The van der Waals surface area contributed by atoms with Crippen molar-refractivity contribution in [2.75, 3.05) is 28.2 Å². The minimum atomic E-state index is -0.0513. The molecule has 1 aromatic rings. The van der Waals surface area contributed by atoms with Crippen molar-refractivity contribution in [1.29, 1.82) is 0 Å². The van der Waals surface area contributed by atoms with Crippen LogP contribution < -0.4 is 10.6 Å². The maximum atomic E-state index is 11.5. The van der Waals surface area contributed by atoms with Crippen LogP contribution in [0.4, 0.5) is 0 Å². The molecule has 2 atom stereocenters. The average molecular weight is 249 g/mol. The van der Waals surface area contributed by atoms with E-state index < -0.39 is 0 Å². The summed E-state index contributed by atoms with van der Waals surface area (Å²) in [5.41, 5.74) is 1.89. The van der Waals surface area contributed by atoms with Gasteiger partial charge in [-0.05, 0) is 45.8 Å². The number of rotatable bonds is 5. The van der Waals surface area contributed by atoms with E-state index in [1.165, 1.54) is 5.56 Å². The molecule has 0 radical (unpaired) electrons. The minimum Gasteiger partial charge on any atom is -0.355 e. The van der Waals surface area contributed by atoms with Crippen LogP contribution in [0.25, 0.3) is 0 Å². The Hall–Kier alpha value is -1.39. The van der Waals surface area contributed by atoms with E-state index in [1.807, 2.05) is 31.3 Å². The summed E-state index contributed by atoms with van der Waals surface area (Å²) in [6.45, 7) is 2.15. The van der Waals surface area contributed by atoms with Gasteiger partial charge in [-0.2, -0.15) is 0 Å². The first-order chi connectivity index (χ1) is 8.51. The molecule has 0 bridgehead atoms. The van der Waals surface area contributed by atoms with Crippen molar-refractivity contribution >= 4 is 5.91 Å². The van der Waals surface area contributed by atoms with Crippen LogP contribution in [-0.4, -0.2) is 45.0 Å². The quantitative estimate of drug-likeness (QED) is 0.825. The van der Waals surface area contributed by atoms with Gasteiger partial charge < -0.3 is 15.5 Å².